The van der Waals surface area contributed by atoms with Crippen molar-refractivity contribution < 1.29 is 14.1 Å². The fraction of sp³-hybridized carbons (Fsp3) is 0.714. The molecule has 1 aromatic heterocycles. The SMILES string of the molecule is CCOC(=O)CCCCCNCc1c(C)noc1C. The Hall–Kier alpha value is -1.36. The van der Waals surface area contributed by atoms with Gasteiger partial charge >= 0.3 is 5.97 Å². The van der Waals surface area contributed by atoms with E-state index in [1.165, 1.54) is 0 Å². The summed E-state index contributed by atoms with van der Waals surface area (Å²) in [5, 5.41) is 7.28. The predicted octanol–water partition coefficient (Wildman–Crippen LogP) is 2.50. The third-order valence-electron chi connectivity index (χ3n) is 3.02. The first-order valence-corrected chi connectivity index (χ1v) is 6.93. The lowest BCUT2D eigenvalue weighted by Gasteiger charge is -2.04. The molecule has 1 rings (SSSR count). The van der Waals surface area contributed by atoms with Gasteiger partial charge in [-0.05, 0) is 40.2 Å². The quantitative estimate of drug-likeness (QED) is 0.550. The molecular formula is C14H24N2O3. The van der Waals surface area contributed by atoms with E-state index in [0.29, 0.717) is 13.0 Å². The highest BCUT2D eigenvalue weighted by molar-refractivity contribution is 5.69. The standard InChI is InChI=1S/C14H24N2O3/c1-4-18-14(17)8-6-5-7-9-15-10-13-11(2)16-19-12(13)3/h15H,4-10H2,1-3H3. The lowest BCUT2D eigenvalue weighted by atomic mass is 10.2. The summed E-state index contributed by atoms with van der Waals surface area (Å²) in [5.41, 5.74) is 2.10. The van der Waals surface area contributed by atoms with Crippen LogP contribution in [0.15, 0.2) is 4.52 Å². The van der Waals surface area contributed by atoms with Crippen molar-refractivity contribution in [3.63, 3.8) is 0 Å². The smallest absolute Gasteiger partial charge is 0.305 e. The summed E-state index contributed by atoms with van der Waals surface area (Å²) >= 11 is 0. The number of aromatic nitrogens is 1. The monoisotopic (exact) mass is 268 g/mol. The molecule has 0 aliphatic carbocycles. The molecule has 1 aromatic rings. The normalized spacial score (nSPS) is 10.7. The molecule has 0 atom stereocenters. The summed E-state index contributed by atoms with van der Waals surface area (Å²) < 4.78 is 9.97. The molecule has 0 amide bonds. The minimum absolute atomic E-state index is 0.0915. The zero-order chi connectivity index (χ0) is 14.1. The predicted molar refractivity (Wildman–Crippen MR) is 72.8 cm³/mol. The van der Waals surface area contributed by atoms with Gasteiger partial charge in [-0.25, -0.2) is 0 Å². The van der Waals surface area contributed by atoms with E-state index in [1.807, 2.05) is 20.8 Å². The first kappa shape index (κ1) is 15.7. The van der Waals surface area contributed by atoms with Crippen molar-refractivity contribution in [2.24, 2.45) is 0 Å². The minimum Gasteiger partial charge on any atom is -0.466 e. The van der Waals surface area contributed by atoms with Crippen LogP contribution in [0.4, 0.5) is 0 Å². The number of rotatable bonds is 9. The second kappa shape index (κ2) is 8.69. The van der Waals surface area contributed by atoms with Gasteiger partial charge in [0.15, 0.2) is 0 Å². The summed E-state index contributed by atoms with van der Waals surface area (Å²) in [7, 11) is 0. The number of ether oxygens (including phenoxy) is 1. The number of carbonyl (C=O) groups is 1. The van der Waals surface area contributed by atoms with E-state index >= 15 is 0 Å². The molecule has 1 heterocycles. The number of aryl methyl sites for hydroxylation is 2. The van der Waals surface area contributed by atoms with Crippen molar-refractivity contribution in [2.45, 2.75) is 53.0 Å². The van der Waals surface area contributed by atoms with Gasteiger partial charge in [0.05, 0.1) is 12.3 Å². The second-order valence-corrected chi connectivity index (χ2v) is 4.60. The fourth-order valence-electron chi connectivity index (χ4n) is 1.90. The highest BCUT2D eigenvalue weighted by Gasteiger charge is 2.07. The van der Waals surface area contributed by atoms with Crippen LogP contribution in [-0.4, -0.2) is 24.3 Å². The Morgan fingerprint density at radius 2 is 2.11 bits per heavy atom. The van der Waals surface area contributed by atoms with Crippen LogP contribution < -0.4 is 5.32 Å². The largest absolute Gasteiger partial charge is 0.466 e. The van der Waals surface area contributed by atoms with Crippen molar-refractivity contribution in [1.82, 2.24) is 10.5 Å². The molecule has 0 aliphatic rings. The zero-order valence-electron chi connectivity index (χ0n) is 12.1. The third-order valence-corrected chi connectivity index (χ3v) is 3.02. The Kier molecular flexibility index (Phi) is 7.18. The molecule has 0 unspecified atom stereocenters. The summed E-state index contributed by atoms with van der Waals surface area (Å²) in [6.07, 6.45) is 3.51. The maximum Gasteiger partial charge on any atom is 0.305 e. The van der Waals surface area contributed by atoms with Crippen LogP contribution in [0.5, 0.6) is 0 Å². The van der Waals surface area contributed by atoms with Crippen LogP contribution in [-0.2, 0) is 16.1 Å². The molecular weight excluding hydrogens is 244 g/mol. The van der Waals surface area contributed by atoms with Crippen LogP contribution in [0.1, 0.15) is 49.6 Å². The van der Waals surface area contributed by atoms with Crippen LogP contribution >= 0.6 is 0 Å². The summed E-state index contributed by atoms with van der Waals surface area (Å²) in [4.78, 5) is 11.1. The second-order valence-electron chi connectivity index (χ2n) is 4.60. The van der Waals surface area contributed by atoms with Gasteiger partial charge in [-0.2, -0.15) is 0 Å². The van der Waals surface area contributed by atoms with Crippen molar-refractivity contribution in [2.75, 3.05) is 13.2 Å². The molecule has 0 radical (unpaired) electrons. The van der Waals surface area contributed by atoms with E-state index < -0.39 is 0 Å². The Labute approximate surface area is 114 Å². The van der Waals surface area contributed by atoms with Gasteiger partial charge in [0.25, 0.3) is 0 Å². The van der Waals surface area contributed by atoms with Crippen LogP contribution in [0.25, 0.3) is 0 Å². The minimum atomic E-state index is -0.0915. The van der Waals surface area contributed by atoms with Crippen LogP contribution in [0, 0.1) is 13.8 Å². The molecule has 0 saturated heterocycles. The summed E-state index contributed by atoms with van der Waals surface area (Å²) in [6, 6.07) is 0. The zero-order valence-corrected chi connectivity index (χ0v) is 12.1. The van der Waals surface area contributed by atoms with E-state index in [9.17, 15) is 4.79 Å². The number of hydrogen-bond acceptors (Lipinski definition) is 5. The Morgan fingerprint density at radius 3 is 2.74 bits per heavy atom. The first-order chi connectivity index (χ1) is 9.15. The Morgan fingerprint density at radius 1 is 1.32 bits per heavy atom. The third kappa shape index (κ3) is 5.87. The number of carbonyl (C=O) groups excluding carboxylic acids is 1. The average Bonchev–Trinajstić information content (AvgIpc) is 2.69. The molecule has 0 fully saturated rings. The molecule has 0 aliphatic heterocycles. The van der Waals surface area contributed by atoms with E-state index in [-0.39, 0.29) is 5.97 Å². The van der Waals surface area contributed by atoms with Crippen molar-refractivity contribution >= 4 is 5.97 Å². The van der Waals surface area contributed by atoms with E-state index in [1.54, 1.807) is 0 Å². The van der Waals surface area contributed by atoms with Crippen molar-refractivity contribution in [3.8, 4) is 0 Å². The van der Waals surface area contributed by atoms with Crippen molar-refractivity contribution in [1.29, 1.82) is 0 Å². The maximum atomic E-state index is 11.1. The van der Waals surface area contributed by atoms with Gasteiger partial charge in [0.1, 0.15) is 5.76 Å². The average molecular weight is 268 g/mol. The first-order valence-electron chi connectivity index (χ1n) is 6.93. The van der Waals surface area contributed by atoms with Gasteiger partial charge in [-0.1, -0.05) is 11.6 Å². The van der Waals surface area contributed by atoms with Crippen molar-refractivity contribution in [3.05, 3.63) is 17.0 Å². The van der Waals surface area contributed by atoms with Gasteiger partial charge in [-0.3, -0.25) is 4.79 Å². The van der Waals surface area contributed by atoms with E-state index in [0.717, 1.165) is 49.4 Å². The molecule has 108 valence electrons. The highest BCUT2D eigenvalue weighted by atomic mass is 16.5. The molecule has 0 aromatic carbocycles. The number of unbranched alkanes of at least 4 members (excludes halogenated alkanes) is 2. The van der Waals surface area contributed by atoms with Crippen LogP contribution in [0.2, 0.25) is 0 Å². The molecule has 0 bridgehead atoms. The topological polar surface area (TPSA) is 64.4 Å². The fourth-order valence-corrected chi connectivity index (χ4v) is 1.90. The maximum absolute atomic E-state index is 11.1. The lowest BCUT2D eigenvalue weighted by Crippen LogP contribution is -2.15. The Balaban J connectivity index is 2.01. The van der Waals surface area contributed by atoms with Gasteiger partial charge in [0.2, 0.25) is 0 Å². The van der Waals surface area contributed by atoms with Gasteiger partial charge < -0.3 is 14.6 Å². The summed E-state index contributed by atoms with van der Waals surface area (Å²) in [6.45, 7) is 7.91. The lowest BCUT2D eigenvalue weighted by molar-refractivity contribution is -0.143. The Bertz CT molecular complexity index is 369. The van der Waals surface area contributed by atoms with Gasteiger partial charge in [0, 0.05) is 18.5 Å². The summed E-state index contributed by atoms with van der Waals surface area (Å²) in [5.74, 6) is 0.790. The van der Waals surface area contributed by atoms with E-state index in [4.69, 9.17) is 9.26 Å². The molecule has 5 nitrogen and oxygen atoms in total. The number of esters is 1. The number of nitrogens with one attached hydrogen (secondary N) is 1. The number of nitrogens with zero attached hydrogens (tertiary/aromatic N) is 1. The molecule has 5 heteroatoms. The molecule has 0 spiro atoms. The molecule has 19 heavy (non-hydrogen) atoms. The molecule has 1 N–H and O–H groups in total. The van der Waals surface area contributed by atoms with E-state index in [2.05, 4.69) is 10.5 Å². The number of hydrogen-bond donors (Lipinski definition) is 1. The molecule has 0 saturated carbocycles. The van der Waals surface area contributed by atoms with Crippen LogP contribution in [0.3, 0.4) is 0 Å². The highest BCUT2D eigenvalue weighted by Crippen LogP contribution is 2.11. The van der Waals surface area contributed by atoms with Gasteiger partial charge in [-0.15, -0.1) is 0 Å².